The summed E-state index contributed by atoms with van der Waals surface area (Å²) in [6.45, 7) is 11.1. The Kier molecular flexibility index (Phi) is 5.70. The predicted octanol–water partition coefficient (Wildman–Crippen LogP) is 2.66. The normalized spacial score (nSPS) is 14.1. The highest BCUT2D eigenvalue weighted by Gasteiger charge is 2.05. The van der Waals surface area contributed by atoms with Crippen molar-refractivity contribution in [1.29, 1.82) is 0 Å². The molecule has 0 fully saturated rings. The van der Waals surface area contributed by atoms with E-state index in [9.17, 15) is 0 Å². The number of ether oxygens (including phenoxy) is 1. The molecular formula is C9H19O. The van der Waals surface area contributed by atoms with Crippen LogP contribution in [0.25, 0.3) is 0 Å². The third-order valence-electron chi connectivity index (χ3n) is 1.71. The van der Waals surface area contributed by atoms with Crippen LogP contribution in [-0.2, 0) is 4.74 Å². The van der Waals surface area contributed by atoms with Gasteiger partial charge in [-0.05, 0) is 19.3 Å². The van der Waals surface area contributed by atoms with Crippen molar-refractivity contribution >= 4 is 0 Å². The van der Waals surface area contributed by atoms with Crippen LogP contribution in [0, 0.1) is 12.8 Å². The summed E-state index contributed by atoms with van der Waals surface area (Å²) in [6.07, 6.45) is 2.45. The molecule has 0 saturated heterocycles. The third-order valence-corrected chi connectivity index (χ3v) is 1.71. The highest BCUT2D eigenvalue weighted by atomic mass is 16.5. The Morgan fingerprint density at radius 2 is 1.90 bits per heavy atom. The van der Waals surface area contributed by atoms with Crippen LogP contribution in [0.2, 0.25) is 0 Å². The first-order valence-electron chi connectivity index (χ1n) is 4.09. The average molecular weight is 143 g/mol. The number of hydrogen-bond donors (Lipinski definition) is 0. The summed E-state index contributed by atoms with van der Waals surface area (Å²) in [4.78, 5) is 0. The molecule has 0 bridgehead atoms. The Morgan fingerprint density at radius 3 is 2.30 bits per heavy atom. The van der Waals surface area contributed by atoms with Gasteiger partial charge < -0.3 is 4.74 Å². The summed E-state index contributed by atoms with van der Waals surface area (Å²) in [5.41, 5.74) is 0. The van der Waals surface area contributed by atoms with Crippen LogP contribution in [-0.4, -0.2) is 12.7 Å². The molecule has 0 aliphatic carbocycles. The van der Waals surface area contributed by atoms with Crippen LogP contribution in [0.1, 0.15) is 33.6 Å². The van der Waals surface area contributed by atoms with E-state index in [1.54, 1.807) is 0 Å². The second kappa shape index (κ2) is 5.72. The molecule has 0 rings (SSSR count). The van der Waals surface area contributed by atoms with Gasteiger partial charge in [-0.15, -0.1) is 0 Å². The predicted molar refractivity (Wildman–Crippen MR) is 44.8 cm³/mol. The fraction of sp³-hybridized carbons (Fsp3) is 0.889. The van der Waals surface area contributed by atoms with E-state index >= 15 is 0 Å². The first-order chi connectivity index (χ1) is 4.68. The van der Waals surface area contributed by atoms with Crippen LogP contribution in [0.4, 0.5) is 0 Å². The van der Waals surface area contributed by atoms with Crippen molar-refractivity contribution in [3.05, 3.63) is 6.92 Å². The maximum atomic E-state index is 5.50. The first-order valence-corrected chi connectivity index (χ1v) is 4.09. The molecular weight excluding hydrogens is 124 g/mol. The molecule has 10 heavy (non-hydrogen) atoms. The molecule has 0 aliphatic heterocycles. The topological polar surface area (TPSA) is 9.23 Å². The smallest absolute Gasteiger partial charge is 0.0569 e. The van der Waals surface area contributed by atoms with Gasteiger partial charge in [-0.25, -0.2) is 0 Å². The van der Waals surface area contributed by atoms with E-state index in [2.05, 4.69) is 27.7 Å². The molecule has 61 valence electrons. The molecule has 0 spiro atoms. The Balaban J connectivity index is 3.13. The zero-order chi connectivity index (χ0) is 7.98. The second-order valence-electron chi connectivity index (χ2n) is 3.03. The summed E-state index contributed by atoms with van der Waals surface area (Å²) in [6, 6.07) is 0. The van der Waals surface area contributed by atoms with Gasteiger partial charge in [0, 0.05) is 6.61 Å². The summed E-state index contributed by atoms with van der Waals surface area (Å²) in [7, 11) is 0. The fourth-order valence-electron chi connectivity index (χ4n) is 0.564. The van der Waals surface area contributed by atoms with Crippen molar-refractivity contribution < 1.29 is 4.74 Å². The highest BCUT2D eigenvalue weighted by Crippen LogP contribution is 2.05. The van der Waals surface area contributed by atoms with E-state index in [0.29, 0.717) is 12.0 Å². The SMILES string of the molecule is [CH2]CCCOC(C)C(C)C. The Morgan fingerprint density at radius 1 is 1.30 bits per heavy atom. The molecule has 1 radical (unpaired) electrons. The lowest BCUT2D eigenvalue weighted by molar-refractivity contribution is 0.0344. The van der Waals surface area contributed by atoms with E-state index < -0.39 is 0 Å². The zero-order valence-corrected chi connectivity index (χ0v) is 7.39. The Bertz CT molecular complexity index is 69.1. The van der Waals surface area contributed by atoms with E-state index in [4.69, 9.17) is 4.74 Å². The molecule has 0 aromatic heterocycles. The molecule has 0 saturated carbocycles. The molecule has 0 amide bonds. The molecule has 1 nitrogen and oxygen atoms in total. The maximum Gasteiger partial charge on any atom is 0.0569 e. The van der Waals surface area contributed by atoms with E-state index in [1.807, 2.05) is 0 Å². The molecule has 1 unspecified atom stereocenters. The van der Waals surface area contributed by atoms with Crippen molar-refractivity contribution in [2.45, 2.75) is 39.7 Å². The minimum absolute atomic E-state index is 0.395. The van der Waals surface area contributed by atoms with Gasteiger partial charge in [0.05, 0.1) is 6.10 Å². The van der Waals surface area contributed by atoms with Crippen LogP contribution in [0.5, 0.6) is 0 Å². The fourth-order valence-corrected chi connectivity index (χ4v) is 0.564. The van der Waals surface area contributed by atoms with Gasteiger partial charge in [-0.1, -0.05) is 27.2 Å². The van der Waals surface area contributed by atoms with Gasteiger partial charge in [-0.2, -0.15) is 0 Å². The third kappa shape index (κ3) is 4.80. The number of hydrogen-bond acceptors (Lipinski definition) is 1. The first kappa shape index (κ1) is 9.96. The van der Waals surface area contributed by atoms with E-state index in [0.717, 1.165) is 19.4 Å². The molecule has 1 heteroatoms. The Labute approximate surface area is 64.8 Å². The average Bonchev–Trinajstić information content (AvgIpc) is 1.88. The minimum atomic E-state index is 0.395. The largest absolute Gasteiger partial charge is 0.378 e. The van der Waals surface area contributed by atoms with Crippen LogP contribution in [0.3, 0.4) is 0 Å². The van der Waals surface area contributed by atoms with Gasteiger partial charge in [0.1, 0.15) is 0 Å². The summed E-state index contributed by atoms with van der Waals surface area (Å²) >= 11 is 0. The maximum absolute atomic E-state index is 5.50. The lowest BCUT2D eigenvalue weighted by Gasteiger charge is -2.15. The van der Waals surface area contributed by atoms with Gasteiger partial charge in [0.25, 0.3) is 0 Å². The quantitative estimate of drug-likeness (QED) is 0.538. The van der Waals surface area contributed by atoms with Gasteiger partial charge >= 0.3 is 0 Å². The summed E-state index contributed by atoms with van der Waals surface area (Å²) in [5, 5.41) is 0. The van der Waals surface area contributed by atoms with E-state index in [1.165, 1.54) is 0 Å². The second-order valence-corrected chi connectivity index (χ2v) is 3.03. The monoisotopic (exact) mass is 143 g/mol. The minimum Gasteiger partial charge on any atom is -0.378 e. The van der Waals surface area contributed by atoms with Gasteiger partial charge in [0.15, 0.2) is 0 Å². The zero-order valence-electron chi connectivity index (χ0n) is 7.39. The summed E-state index contributed by atoms with van der Waals surface area (Å²) in [5.74, 6) is 0.629. The lowest BCUT2D eigenvalue weighted by atomic mass is 10.1. The van der Waals surface area contributed by atoms with Crippen molar-refractivity contribution in [3.8, 4) is 0 Å². The lowest BCUT2D eigenvalue weighted by Crippen LogP contribution is -2.15. The molecule has 0 aromatic rings. The molecule has 0 aromatic carbocycles. The Hall–Kier alpha value is -0.0400. The number of rotatable bonds is 5. The van der Waals surface area contributed by atoms with Crippen molar-refractivity contribution in [1.82, 2.24) is 0 Å². The molecule has 1 atom stereocenters. The van der Waals surface area contributed by atoms with Crippen molar-refractivity contribution in [2.75, 3.05) is 6.61 Å². The highest BCUT2D eigenvalue weighted by molar-refractivity contribution is 4.54. The number of unbranched alkanes of at least 4 members (excludes halogenated alkanes) is 1. The van der Waals surface area contributed by atoms with E-state index in [-0.39, 0.29) is 0 Å². The standard InChI is InChI=1S/C9H19O/c1-5-6-7-10-9(4)8(2)3/h8-9H,1,5-7H2,2-4H3. The van der Waals surface area contributed by atoms with Gasteiger partial charge in [-0.3, -0.25) is 0 Å². The van der Waals surface area contributed by atoms with Gasteiger partial charge in [0.2, 0.25) is 0 Å². The van der Waals surface area contributed by atoms with Crippen molar-refractivity contribution in [3.63, 3.8) is 0 Å². The van der Waals surface area contributed by atoms with Crippen LogP contribution >= 0.6 is 0 Å². The molecule has 0 N–H and O–H groups in total. The summed E-state index contributed by atoms with van der Waals surface area (Å²) < 4.78 is 5.50. The molecule has 0 aliphatic rings. The van der Waals surface area contributed by atoms with Crippen LogP contribution in [0.15, 0.2) is 0 Å². The van der Waals surface area contributed by atoms with Crippen molar-refractivity contribution in [2.24, 2.45) is 5.92 Å². The van der Waals surface area contributed by atoms with Crippen LogP contribution < -0.4 is 0 Å². The molecule has 0 heterocycles.